The Balaban J connectivity index is 2.48. The van der Waals surface area contributed by atoms with E-state index in [1.807, 2.05) is 6.07 Å². The summed E-state index contributed by atoms with van der Waals surface area (Å²) in [4.78, 5) is 24.7. The SMILES string of the molecule is CCOC(=O)c1ccccc1C(Oc1ccccc1C#N)C(=O)OCC. The first kappa shape index (κ1) is 19.0. The van der Waals surface area contributed by atoms with Crippen LogP contribution in [-0.2, 0) is 14.3 Å². The van der Waals surface area contributed by atoms with Gasteiger partial charge in [0.05, 0.1) is 24.3 Å². The van der Waals surface area contributed by atoms with Gasteiger partial charge in [-0.3, -0.25) is 0 Å². The average Bonchev–Trinajstić information content (AvgIpc) is 2.66. The Kier molecular flexibility index (Phi) is 6.75. The summed E-state index contributed by atoms with van der Waals surface area (Å²) in [7, 11) is 0. The zero-order valence-electron chi connectivity index (χ0n) is 14.6. The van der Waals surface area contributed by atoms with Crippen molar-refractivity contribution in [2.45, 2.75) is 20.0 Å². The standard InChI is InChI=1S/C20H19NO5/c1-3-24-19(22)16-11-7-6-10-15(16)18(20(23)25-4-2)26-17-12-8-5-9-14(17)13-21/h5-12,18H,3-4H2,1-2H3. The first-order valence-electron chi connectivity index (χ1n) is 8.20. The molecule has 0 amide bonds. The van der Waals surface area contributed by atoms with Crippen LogP contribution in [0.4, 0.5) is 0 Å². The molecule has 0 bridgehead atoms. The van der Waals surface area contributed by atoms with Gasteiger partial charge in [0.2, 0.25) is 6.10 Å². The maximum Gasteiger partial charge on any atom is 0.352 e. The van der Waals surface area contributed by atoms with E-state index in [1.54, 1.807) is 62.4 Å². The van der Waals surface area contributed by atoms with Gasteiger partial charge in [-0.2, -0.15) is 5.26 Å². The smallest absolute Gasteiger partial charge is 0.352 e. The van der Waals surface area contributed by atoms with E-state index in [0.29, 0.717) is 5.56 Å². The summed E-state index contributed by atoms with van der Waals surface area (Å²) in [6.45, 7) is 3.73. The summed E-state index contributed by atoms with van der Waals surface area (Å²) in [6, 6.07) is 15.1. The predicted molar refractivity (Wildman–Crippen MR) is 93.6 cm³/mol. The summed E-state index contributed by atoms with van der Waals surface area (Å²) in [5.74, 6) is -0.988. The fourth-order valence-electron chi connectivity index (χ4n) is 2.37. The van der Waals surface area contributed by atoms with Gasteiger partial charge in [-0.1, -0.05) is 30.3 Å². The van der Waals surface area contributed by atoms with Gasteiger partial charge in [-0.15, -0.1) is 0 Å². The highest BCUT2D eigenvalue weighted by molar-refractivity contribution is 5.93. The van der Waals surface area contributed by atoms with Crippen molar-refractivity contribution in [2.75, 3.05) is 13.2 Å². The van der Waals surface area contributed by atoms with Gasteiger partial charge in [0.25, 0.3) is 0 Å². The van der Waals surface area contributed by atoms with Crippen LogP contribution in [0.15, 0.2) is 48.5 Å². The predicted octanol–water partition coefficient (Wildman–Crippen LogP) is 3.42. The third-order valence-corrected chi connectivity index (χ3v) is 3.49. The lowest BCUT2D eigenvalue weighted by atomic mass is 10.0. The fourth-order valence-corrected chi connectivity index (χ4v) is 2.37. The number of hydrogen-bond donors (Lipinski definition) is 0. The molecule has 0 heterocycles. The Morgan fingerprint density at radius 2 is 1.65 bits per heavy atom. The maximum absolute atomic E-state index is 12.5. The van der Waals surface area contributed by atoms with Crippen LogP contribution >= 0.6 is 0 Å². The van der Waals surface area contributed by atoms with Gasteiger partial charge in [0.1, 0.15) is 11.8 Å². The monoisotopic (exact) mass is 353 g/mol. The number of rotatable bonds is 7. The van der Waals surface area contributed by atoms with Gasteiger partial charge >= 0.3 is 11.9 Å². The molecule has 2 aromatic carbocycles. The molecule has 26 heavy (non-hydrogen) atoms. The molecule has 0 aromatic heterocycles. The Labute approximate surface area is 151 Å². The minimum Gasteiger partial charge on any atom is -0.473 e. The molecule has 0 saturated heterocycles. The number of nitrogens with zero attached hydrogens (tertiary/aromatic N) is 1. The van der Waals surface area contributed by atoms with Crippen LogP contribution in [0.5, 0.6) is 5.75 Å². The highest BCUT2D eigenvalue weighted by atomic mass is 16.6. The van der Waals surface area contributed by atoms with E-state index in [1.165, 1.54) is 0 Å². The zero-order chi connectivity index (χ0) is 18.9. The third kappa shape index (κ3) is 4.39. The Hall–Kier alpha value is -3.33. The van der Waals surface area contributed by atoms with Crippen LogP contribution in [-0.4, -0.2) is 25.2 Å². The van der Waals surface area contributed by atoms with Gasteiger partial charge in [-0.05, 0) is 32.0 Å². The molecule has 2 aromatic rings. The number of carbonyl (C=O) groups is 2. The van der Waals surface area contributed by atoms with Gasteiger partial charge in [0, 0.05) is 5.56 Å². The molecule has 6 nitrogen and oxygen atoms in total. The van der Waals surface area contributed by atoms with Crippen LogP contribution in [0.1, 0.15) is 41.4 Å². The fraction of sp³-hybridized carbons (Fsp3) is 0.250. The van der Waals surface area contributed by atoms with Gasteiger partial charge in [-0.25, -0.2) is 9.59 Å². The molecule has 0 fully saturated rings. The van der Waals surface area contributed by atoms with Crippen LogP contribution in [0.3, 0.4) is 0 Å². The number of esters is 2. The van der Waals surface area contributed by atoms with Crippen molar-refractivity contribution < 1.29 is 23.8 Å². The maximum atomic E-state index is 12.5. The first-order valence-corrected chi connectivity index (χ1v) is 8.20. The summed E-state index contributed by atoms with van der Waals surface area (Å²) in [6.07, 6.45) is -1.20. The molecule has 0 aliphatic rings. The molecule has 0 N–H and O–H groups in total. The van der Waals surface area contributed by atoms with E-state index >= 15 is 0 Å². The van der Waals surface area contributed by atoms with Crippen molar-refractivity contribution in [3.8, 4) is 11.8 Å². The molecule has 6 heteroatoms. The van der Waals surface area contributed by atoms with Gasteiger partial charge < -0.3 is 14.2 Å². The van der Waals surface area contributed by atoms with Crippen molar-refractivity contribution in [2.24, 2.45) is 0 Å². The number of benzene rings is 2. The number of para-hydroxylation sites is 1. The van der Waals surface area contributed by atoms with Crippen molar-refractivity contribution in [1.82, 2.24) is 0 Å². The Bertz CT molecular complexity index is 825. The Morgan fingerprint density at radius 1 is 1.00 bits per heavy atom. The molecular formula is C20H19NO5. The van der Waals surface area contributed by atoms with Crippen LogP contribution in [0, 0.1) is 11.3 Å². The minimum absolute atomic E-state index is 0.153. The number of carbonyl (C=O) groups excluding carboxylic acids is 2. The Morgan fingerprint density at radius 3 is 2.35 bits per heavy atom. The zero-order valence-corrected chi connectivity index (χ0v) is 14.6. The molecule has 2 rings (SSSR count). The minimum atomic E-state index is -1.20. The number of hydrogen-bond acceptors (Lipinski definition) is 6. The third-order valence-electron chi connectivity index (χ3n) is 3.49. The normalized spacial score (nSPS) is 11.1. The molecule has 0 radical (unpaired) electrons. The summed E-state index contributed by atoms with van der Waals surface area (Å²) in [5.41, 5.74) is 0.800. The lowest BCUT2D eigenvalue weighted by Crippen LogP contribution is -2.24. The summed E-state index contributed by atoms with van der Waals surface area (Å²) < 4.78 is 16.0. The van der Waals surface area contributed by atoms with E-state index < -0.39 is 18.0 Å². The number of ether oxygens (including phenoxy) is 3. The van der Waals surface area contributed by atoms with Crippen molar-refractivity contribution >= 4 is 11.9 Å². The van der Waals surface area contributed by atoms with E-state index in [2.05, 4.69) is 0 Å². The van der Waals surface area contributed by atoms with Crippen LogP contribution in [0.25, 0.3) is 0 Å². The molecule has 0 aliphatic heterocycles. The number of nitriles is 1. The van der Waals surface area contributed by atoms with E-state index in [9.17, 15) is 14.9 Å². The highest BCUT2D eigenvalue weighted by Gasteiger charge is 2.29. The van der Waals surface area contributed by atoms with Gasteiger partial charge in [0.15, 0.2) is 0 Å². The second-order valence-electron chi connectivity index (χ2n) is 5.17. The van der Waals surface area contributed by atoms with E-state index in [-0.39, 0.29) is 30.1 Å². The second kappa shape index (κ2) is 9.23. The van der Waals surface area contributed by atoms with Crippen LogP contribution in [0.2, 0.25) is 0 Å². The summed E-state index contributed by atoms with van der Waals surface area (Å²) >= 11 is 0. The van der Waals surface area contributed by atoms with Crippen molar-refractivity contribution in [3.05, 3.63) is 65.2 Å². The molecule has 0 aliphatic carbocycles. The summed E-state index contributed by atoms with van der Waals surface area (Å²) in [5, 5.41) is 9.24. The van der Waals surface area contributed by atoms with Crippen molar-refractivity contribution in [1.29, 1.82) is 5.26 Å². The highest BCUT2D eigenvalue weighted by Crippen LogP contribution is 2.28. The molecule has 0 spiro atoms. The lowest BCUT2D eigenvalue weighted by molar-refractivity contribution is -0.151. The topological polar surface area (TPSA) is 85.6 Å². The lowest BCUT2D eigenvalue weighted by Gasteiger charge is -2.20. The first-order chi connectivity index (χ1) is 12.6. The molecular weight excluding hydrogens is 334 g/mol. The molecule has 1 atom stereocenters. The van der Waals surface area contributed by atoms with Crippen LogP contribution < -0.4 is 4.74 Å². The second-order valence-corrected chi connectivity index (χ2v) is 5.17. The van der Waals surface area contributed by atoms with E-state index in [4.69, 9.17) is 14.2 Å². The van der Waals surface area contributed by atoms with Crippen molar-refractivity contribution in [3.63, 3.8) is 0 Å². The molecule has 1 unspecified atom stereocenters. The molecule has 0 saturated carbocycles. The quantitative estimate of drug-likeness (QED) is 0.709. The largest absolute Gasteiger partial charge is 0.473 e. The molecule has 134 valence electrons. The van der Waals surface area contributed by atoms with E-state index in [0.717, 1.165) is 0 Å². The average molecular weight is 353 g/mol.